The van der Waals surface area contributed by atoms with Crippen molar-refractivity contribution in [1.29, 1.82) is 0 Å². The van der Waals surface area contributed by atoms with Gasteiger partial charge in [0.1, 0.15) is 0 Å². The molecule has 0 aromatic heterocycles. The molecule has 0 heterocycles. The van der Waals surface area contributed by atoms with Gasteiger partial charge >= 0.3 is 0 Å². The molecule has 0 aromatic rings. The monoisotopic (exact) mass is 141 g/mol. The number of carbonyl (C=O) groups is 1. The van der Waals surface area contributed by atoms with E-state index < -0.39 is 12.1 Å². The molecule has 0 bridgehead atoms. The van der Waals surface area contributed by atoms with Crippen molar-refractivity contribution >= 4 is 23.4 Å². The number of hydrogen-bond acceptors (Lipinski definition) is 2. The highest BCUT2D eigenvalue weighted by molar-refractivity contribution is 8.01. The minimum absolute atomic E-state index is 0.936. The van der Waals surface area contributed by atoms with Crippen LogP contribution in [0.15, 0.2) is 0 Å². The van der Waals surface area contributed by atoms with Crippen molar-refractivity contribution in [2.45, 2.75) is 0 Å². The van der Waals surface area contributed by atoms with E-state index in [0.29, 0.717) is 0 Å². The summed E-state index contributed by atoms with van der Waals surface area (Å²) in [5.41, 5.74) is 3.60. The van der Waals surface area contributed by atoms with E-state index in [-0.39, 0.29) is 0 Å². The normalized spacial score (nSPS) is 18.0. The first-order valence-corrected chi connectivity index (χ1v) is 4.57. The van der Waals surface area contributed by atoms with Crippen LogP contribution in [-0.4, -0.2) is 12.3 Å². The summed E-state index contributed by atoms with van der Waals surface area (Å²) in [6, 6.07) is 0. The fourth-order valence-corrected chi connectivity index (χ4v) is 0. The third-order valence-electron chi connectivity index (χ3n) is 0.394. The van der Waals surface area contributed by atoms with E-state index in [1.807, 2.05) is 0 Å². The van der Waals surface area contributed by atoms with Gasteiger partial charge in [-0.1, -0.05) is 0 Å². The molecule has 3 nitrogen and oxygen atoms in total. The van der Waals surface area contributed by atoms with E-state index >= 15 is 0 Å². The predicted octanol–water partition coefficient (Wildman–Crippen LogP) is 1.21. The Bertz CT molecular complexity index is 128. The fourth-order valence-electron chi connectivity index (χ4n) is 0. The fraction of sp³-hybridized carbons (Fsp3) is 0.500. The van der Waals surface area contributed by atoms with Gasteiger partial charge in [0, 0.05) is 6.66 Å². The van der Waals surface area contributed by atoms with Crippen LogP contribution in [0.4, 0.5) is 4.79 Å². The number of rotatable bonds is 1. The lowest BCUT2D eigenvalue weighted by atomic mass is 11.5. The van der Waals surface area contributed by atoms with Gasteiger partial charge in [0.2, 0.25) is 6.49 Å². The van der Waals surface area contributed by atoms with Crippen LogP contribution in [0, 0.1) is 0 Å². The Hall–Kier alpha value is -0.0100. The quantitative estimate of drug-likeness (QED) is 0.558. The second-order valence-corrected chi connectivity index (χ2v) is 5.17. The summed E-state index contributed by atoms with van der Waals surface area (Å²) < 4.78 is 10.2. The maximum Gasteiger partial charge on any atom is 0.290 e. The smallest absolute Gasteiger partial charge is 0.290 e. The molecule has 0 saturated carbocycles. The van der Waals surface area contributed by atoms with Crippen LogP contribution in [0.25, 0.3) is 0 Å². The Kier molecular flexibility index (Phi) is 1.84. The summed E-state index contributed by atoms with van der Waals surface area (Å²) in [6.45, 7) is -2.02. The lowest BCUT2D eigenvalue weighted by Crippen LogP contribution is -2.04. The molecule has 2 N–H and O–H groups in total. The number of amides is 1. The highest BCUT2D eigenvalue weighted by atomic mass is 35.7. The summed E-state index contributed by atoms with van der Waals surface area (Å²) in [5, 5.41) is 0. The maximum atomic E-state index is 10.2. The minimum atomic E-state index is -3.13. The van der Waals surface area contributed by atoms with Gasteiger partial charge < -0.3 is 5.73 Å². The molecule has 1 amide bonds. The molecule has 1 atom stereocenters. The van der Waals surface area contributed by atoms with Crippen LogP contribution in [0.2, 0.25) is 0 Å². The number of primary amides is 1. The third-order valence-corrected chi connectivity index (χ3v) is 1.68. The molecule has 0 rings (SSSR count). The molecule has 0 aliphatic heterocycles. The zero-order chi connectivity index (χ0) is 6.08. The number of carbonyl (C=O) groups excluding carboxylic acids is 1. The van der Waals surface area contributed by atoms with E-state index in [0.717, 1.165) is 6.66 Å². The highest BCUT2D eigenvalue weighted by Crippen LogP contribution is 2.46. The number of hydrogen-bond donors (Lipinski definition) is 1. The zero-order valence-electron chi connectivity index (χ0n) is 3.72. The van der Waals surface area contributed by atoms with Crippen LogP contribution in [0.1, 0.15) is 0 Å². The van der Waals surface area contributed by atoms with E-state index in [1.165, 1.54) is 0 Å². The average molecular weight is 141 g/mol. The van der Waals surface area contributed by atoms with Crippen LogP contribution in [-0.2, 0) is 4.57 Å². The van der Waals surface area contributed by atoms with Crippen LogP contribution >= 0.6 is 17.7 Å². The molecular weight excluding hydrogens is 136 g/mol. The van der Waals surface area contributed by atoms with Gasteiger partial charge in [-0.15, -0.1) is 0 Å². The molecular formula is C2H5ClNO2P. The molecule has 0 aliphatic carbocycles. The minimum Gasteiger partial charge on any atom is -0.362 e. The number of halogens is 1. The molecule has 7 heavy (non-hydrogen) atoms. The third kappa shape index (κ3) is 2.66. The Morgan fingerprint density at radius 2 is 2.00 bits per heavy atom. The van der Waals surface area contributed by atoms with Gasteiger partial charge in [0.05, 0.1) is 0 Å². The molecule has 0 aliphatic rings. The molecule has 0 radical (unpaired) electrons. The van der Waals surface area contributed by atoms with Crippen LogP contribution in [0.3, 0.4) is 0 Å². The molecule has 5 heteroatoms. The second-order valence-electron chi connectivity index (χ2n) is 1.16. The summed E-state index contributed by atoms with van der Waals surface area (Å²) in [7, 11) is 0. The van der Waals surface area contributed by atoms with Crippen molar-refractivity contribution in [3.05, 3.63) is 0 Å². The summed E-state index contributed by atoms with van der Waals surface area (Å²) in [6.07, 6.45) is 0. The van der Waals surface area contributed by atoms with Gasteiger partial charge in [-0.3, -0.25) is 9.36 Å². The first kappa shape index (κ1) is 6.99. The maximum absolute atomic E-state index is 10.2. The van der Waals surface area contributed by atoms with E-state index in [1.54, 1.807) is 0 Å². The Morgan fingerprint density at radius 3 is 2.00 bits per heavy atom. The molecule has 0 aromatic carbocycles. The Balaban J connectivity index is 4.09. The summed E-state index contributed by atoms with van der Waals surface area (Å²) in [4.78, 5) is 9.85. The number of nitrogens with two attached hydrogens (primary N) is 1. The largest absolute Gasteiger partial charge is 0.362 e. The van der Waals surface area contributed by atoms with Gasteiger partial charge in [0.25, 0.3) is 5.65 Å². The molecule has 0 saturated heterocycles. The Labute approximate surface area is 46.0 Å². The van der Waals surface area contributed by atoms with Gasteiger partial charge in [-0.2, -0.15) is 0 Å². The standard InChI is InChI=1S/C2H5ClNO2P/c1-7(3,6)2(4)5/h1H3,(H2,4,5). The zero-order valence-corrected chi connectivity index (χ0v) is 5.37. The average Bonchev–Trinajstić information content (AvgIpc) is 1.31. The van der Waals surface area contributed by atoms with Crippen molar-refractivity contribution in [1.82, 2.24) is 0 Å². The van der Waals surface area contributed by atoms with E-state index in [2.05, 4.69) is 5.73 Å². The van der Waals surface area contributed by atoms with E-state index in [4.69, 9.17) is 11.2 Å². The summed E-state index contributed by atoms with van der Waals surface area (Å²) in [5.74, 6) is 0. The lowest BCUT2D eigenvalue weighted by Gasteiger charge is -1.91. The predicted molar refractivity (Wildman–Crippen MR) is 29.0 cm³/mol. The van der Waals surface area contributed by atoms with Crippen molar-refractivity contribution in [2.24, 2.45) is 5.73 Å². The van der Waals surface area contributed by atoms with Gasteiger partial charge in [0.15, 0.2) is 0 Å². The van der Waals surface area contributed by atoms with Crippen molar-refractivity contribution in [3.8, 4) is 0 Å². The molecule has 42 valence electrons. The summed E-state index contributed by atoms with van der Waals surface area (Å²) >= 11 is 4.95. The highest BCUT2D eigenvalue weighted by Gasteiger charge is 2.16. The van der Waals surface area contributed by atoms with Gasteiger partial charge in [-0.25, -0.2) is 0 Å². The Morgan fingerprint density at radius 1 is 1.86 bits per heavy atom. The van der Waals surface area contributed by atoms with Crippen molar-refractivity contribution in [2.75, 3.05) is 6.66 Å². The molecule has 0 fully saturated rings. The second kappa shape index (κ2) is 1.85. The van der Waals surface area contributed by atoms with Crippen LogP contribution < -0.4 is 5.73 Å². The lowest BCUT2D eigenvalue weighted by molar-refractivity contribution is 0.265. The van der Waals surface area contributed by atoms with Crippen molar-refractivity contribution < 1.29 is 9.36 Å². The van der Waals surface area contributed by atoms with Crippen molar-refractivity contribution in [3.63, 3.8) is 0 Å². The molecule has 0 spiro atoms. The molecule has 1 unspecified atom stereocenters. The topological polar surface area (TPSA) is 60.2 Å². The first-order valence-electron chi connectivity index (χ1n) is 1.52. The van der Waals surface area contributed by atoms with Crippen LogP contribution in [0.5, 0.6) is 0 Å². The van der Waals surface area contributed by atoms with E-state index in [9.17, 15) is 9.36 Å². The SMILES string of the molecule is CP(=O)(Cl)C(N)=O. The van der Waals surface area contributed by atoms with Gasteiger partial charge in [-0.05, 0) is 11.2 Å². The first-order chi connectivity index (χ1) is 2.94.